The van der Waals surface area contributed by atoms with Crippen molar-refractivity contribution in [3.8, 4) is 0 Å². The predicted octanol–water partition coefficient (Wildman–Crippen LogP) is 4.34. The molecule has 0 aliphatic heterocycles. The van der Waals surface area contributed by atoms with Crippen molar-refractivity contribution in [3.63, 3.8) is 0 Å². The van der Waals surface area contributed by atoms with Gasteiger partial charge in [0.2, 0.25) is 0 Å². The van der Waals surface area contributed by atoms with Gasteiger partial charge in [0.15, 0.2) is 0 Å². The molecule has 0 radical (unpaired) electrons. The number of fused-ring (bicyclic) bond motifs is 2. The van der Waals surface area contributed by atoms with Gasteiger partial charge in [-0.25, -0.2) is 16.8 Å². The third kappa shape index (κ3) is 6.33. The van der Waals surface area contributed by atoms with E-state index in [2.05, 4.69) is 0 Å². The number of rotatable bonds is 2. The van der Waals surface area contributed by atoms with E-state index in [0.717, 1.165) is 33.0 Å². The molecule has 0 spiro atoms. The Balaban J connectivity index is 0.000000227. The summed E-state index contributed by atoms with van der Waals surface area (Å²) >= 11 is 0. The van der Waals surface area contributed by atoms with Crippen LogP contribution >= 0.6 is 0 Å². The molecule has 0 fully saturated rings. The van der Waals surface area contributed by atoms with Gasteiger partial charge >= 0.3 is 37.7 Å². The first-order valence-electron chi connectivity index (χ1n) is 9.71. The normalized spacial score (nSPS) is 11.6. The molecule has 0 amide bonds. The van der Waals surface area contributed by atoms with Crippen LogP contribution in [0.1, 0.15) is 22.3 Å². The van der Waals surface area contributed by atoms with Crippen LogP contribution in [0.5, 0.6) is 0 Å². The van der Waals surface area contributed by atoms with Gasteiger partial charge in [-0.3, -0.25) is 0 Å². The van der Waals surface area contributed by atoms with Gasteiger partial charge in [-0.05, 0) is 72.5 Å². The molecular formula is C24H22CaO6S2. The Labute approximate surface area is 224 Å². The Morgan fingerprint density at radius 3 is 1.18 bits per heavy atom. The number of hydrogen-bond acceptors (Lipinski definition) is 6. The topological polar surface area (TPSA) is 114 Å². The third-order valence-corrected chi connectivity index (χ3v) is 6.94. The SMILES string of the molecule is Cc1cc(C)c2cccc(S(=O)(=O)[O-])c2c1.Cc1cc(C)c2cccc(S(=O)(=O)[O-])c2c1.[Ca+2]. The summed E-state index contributed by atoms with van der Waals surface area (Å²) in [5.74, 6) is 0. The van der Waals surface area contributed by atoms with Crippen molar-refractivity contribution in [2.75, 3.05) is 0 Å². The van der Waals surface area contributed by atoms with Crippen molar-refractivity contribution in [1.82, 2.24) is 0 Å². The molecule has 0 atom stereocenters. The summed E-state index contributed by atoms with van der Waals surface area (Å²) in [5, 5.41) is 2.63. The quantitative estimate of drug-likeness (QED) is 0.293. The molecule has 4 aromatic rings. The molecule has 9 heteroatoms. The van der Waals surface area contributed by atoms with E-state index in [-0.39, 0.29) is 47.5 Å². The standard InChI is InChI=1S/2C12H12O3S.Ca/c2*1-8-6-9(2)10-4-3-5-12(11(10)7-8)16(13,14)15;/h2*3-7H,1-2H3,(H,13,14,15);/q;;+2/p-2. The van der Waals surface area contributed by atoms with Gasteiger partial charge in [-0.15, -0.1) is 0 Å². The van der Waals surface area contributed by atoms with Crippen molar-refractivity contribution in [2.24, 2.45) is 0 Å². The van der Waals surface area contributed by atoms with Crippen molar-refractivity contribution < 1.29 is 25.9 Å². The Bertz CT molecular complexity index is 1440. The molecule has 0 unspecified atom stereocenters. The molecule has 0 saturated heterocycles. The smallest absolute Gasteiger partial charge is 0.744 e. The number of aryl methyl sites for hydroxylation is 4. The van der Waals surface area contributed by atoms with Crippen LogP contribution in [0.25, 0.3) is 21.5 Å². The summed E-state index contributed by atoms with van der Waals surface area (Å²) < 4.78 is 66.7. The molecule has 33 heavy (non-hydrogen) atoms. The molecule has 0 aromatic heterocycles. The number of hydrogen-bond donors (Lipinski definition) is 0. The van der Waals surface area contributed by atoms with Gasteiger partial charge < -0.3 is 9.11 Å². The van der Waals surface area contributed by atoms with E-state index in [9.17, 15) is 25.9 Å². The number of benzene rings is 4. The fraction of sp³-hybridized carbons (Fsp3) is 0.167. The molecule has 0 aliphatic carbocycles. The minimum Gasteiger partial charge on any atom is -0.744 e. The van der Waals surface area contributed by atoms with Crippen LogP contribution in [-0.2, 0) is 20.2 Å². The van der Waals surface area contributed by atoms with Crippen LogP contribution in [0.3, 0.4) is 0 Å². The molecule has 4 rings (SSSR count). The Hall–Kier alpha value is -1.52. The van der Waals surface area contributed by atoms with E-state index in [1.165, 1.54) is 12.1 Å². The van der Waals surface area contributed by atoms with E-state index < -0.39 is 20.2 Å². The minimum atomic E-state index is -4.41. The van der Waals surface area contributed by atoms with Crippen molar-refractivity contribution >= 4 is 79.5 Å². The molecule has 0 N–H and O–H groups in total. The second-order valence-electron chi connectivity index (χ2n) is 7.77. The summed E-state index contributed by atoms with van der Waals surface area (Å²) in [5.41, 5.74) is 3.84. The Kier molecular flexibility index (Phi) is 8.73. The Morgan fingerprint density at radius 1 is 0.545 bits per heavy atom. The van der Waals surface area contributed by atoms with Gasteiger partial charge in [0, 0.05) is 0 Å². The maximum Gasteiger partial charge on any atom is 2.00 e. The molecule has 0 bridgehead atoms. The van der Waals surface area contributed by atoms with E-state index in [0.29, 0.717) is 10.8 Å². The van der Waals surface area contributed by atoms with Crippen molar-refractivity contribution in [1.29, 1.82) is 0 Å². The zero-order valence-electron chi connectivity index (χ0n) is 18.7. The van der Waals surface area contributed by atoms with Gasteiger partial charge in [0.1, 0.15) is 20.2 Å². The second-order valence-corrected chi connectivity index (χ2v) is 10.5. The van der Waals surface area contributed by atoms with Crippen LogP contribution < -0.4 is 0 Å². The maximum absolute atomic E-state index is 11.1. The third-order valence-electron chi connectivity index (χ3n) is 5.15. The Morgan fingerprint density at radius 2 is 0.879 bits per heavy atom. The van der Waals surface area contributed by atoms with Gasteiger partial charge in [-0.2, -0.15) is 0 Å². The zero-order chi connectivity index (χ0) is 23.8. The van der Waals surface area contributed by atoms with Gasteiger partial charge in [0.25, 0.3) is 0 Å². The molecule has 6 nitrogen and oxygen atoms in total. The summed E-state index contributed by atoms with van der Waals surface area (Å²) in [6.45, 7) is 7.55. The average Bonchev–Trinajstić information content (AvgIpc) is 2.66. The van der Waals surface area contributed by atoms with Crippen LogP contribution in [0.4, 0.5) is 0 Å². The molecule has 0 aliphatic rings. The fourth-order valence-electron chi connectivity index (χ4n) is 3.89. The van der Waals surface area contributed by atoms with Crippen LogP contribution in [0.2, 0.25) is 0 Å². The molecule has 0 heterocycles. The predicted molar refractivity (Wildman–Crippen MR) is 129 cm³/mol. The maximum atomic E-state index is 11.1. The van der Waals surface area contributed by atoms with Crippen molar-refractivity contribution in [3.05, 3.63) is 82.9 Å². The second kappa shape index (κ2) is 10.4. The first-order valence-corrected chi connectivity index (χ1v) is 12.5. The van der Waals surface area contributed by atoms with Crippen LogP contribution in [0.15, 0.2) is 70.5 Å². The molecule has 168 valence electrons. The first-order chi connectivity index (χ1) is 14.8. The van der Waals surface area contributed by atoms with Crippen molar-refractivity contribution in [2.45, 2.75) is 37.5 Å². The fourth-order valence-corrected chi connectivity index (χ4v) is 5.25. The van der Waals surface area contributed by atoms with Gasteiger partial charge in [-0.1, -0.05) is 59.7 Å². The summed E-state index contributed by atoms with van der Waals surface area (Å²) in [6, 6.07) is 16.9. The van der Waals surface area contributed by atoms with Gasteiger partial charge in [0.05, 0.1) is 9.79 Å². The summed E-state index contributed by atoms with van der Waals surface area (Å²) in [6.07, 6.45) is 0. The zero-order valence-corrected chi connectivity index (χ0v) is 22.6. The van der Waals surface area contributed by atoms with E-state index >= 15 is 0 Å². The van der Waals surface area contributed by atoms with E-state index in [1.807, 2.05) is 52.0 Å². The molecular weight excluding hydrogens is 488 g/mol. The van der Waals surface area contributed by atoms with E-state index in [4.69, 9.17) is 0 Å². The largest absolute Gasteiger partial charge is 2.00 e. The summed E-state index contributed by atoms with van der Waals surface area (Å²) in [7, 11) is -8.83. The van der Waals surface area contributed by atoms with Crippen LogP contribution in [0, 0.1) is 27.7 Å². The van der Waals surface area contributed by atoms with Crippen LogP contribution in [-0.4, -0.2) is 63.7 Å². The summed E-state index contributed by atoms with van der Waals surface area (Å²) in [4.78, 5) is -0.284. The molecule has 0 saturated carbocycles. The minimum absolute atomic E-state index is 0. The van der Waals surface area contributed by atoms with E-state index in [1.54, 1.807) is 24.3 Å². The first kappa shape index (κ1) is 27.7. The average molecular weight is 511 g/mol. The molecule has 4 aromatic carbocycles. The monoisotopic (exact) mass is 510 g/mol.